The average Bonchev–Trinajstić information content (AvgIpc) is 2.56. The van der Waals surface area contributed by atoms with E-state index >= 15 is 0 Å². The third kappa shape index (κ3) is 4.24. The number of anilines is 1. The van der Waals surface area contributed by atoms with Crippen LogP contribution in [0, 0.1) is 0 Å². The van der Waals surface area contributed by atoms with E-state index in [-0.39, 0.29) is 18.3 Å². The Morgan fingerprint density at radius 2 is 1.96 bits per heavy atom. The molecule has 1 amide bonds. The Hall–Kier alpha value is -2.04. The van der Waals surface area contributed by atoms with Crippen molar-refractivity contribution >= 4 is 24.0 Å². The molecule has 5 heteroatoms. The van der Waals surface area contributed by atoms with Gasteiger partial charge in [-0.15, -0.1) is 12.4 Å². The molecule has 0 atom stereocenters. The van der Waals surface area contributed by atoms with Crippen molar-refractivity contribution < 1.29 is 9.53 Å². The summed E-state index contributed by atoms with van der Waals surface area (Å²) < 4.78 is 5.38. The second kappa shape index (κ2) is 7.99. The maximum absolute atomic E-state index is 12.3. The topological polar surface area (TPSA) is 50.4 Å². The second-order valence-corrected chi connectivity index (χ2v) is 5.32. The summed E-state index contributed by atoms with van der Waals surface area (Å²) in [5, 5.41) is 6.30. The number of halogens is 1. The highest BCUT2D eigenvalue weighted by Crippen LogP contribution is 2.20. The van der Waals surface area contributed by atoms with Crippen molar-refractivity contribution in [1.29, 1.82) is 0 Å². The number of carbonyl (C=O) groups excluding carboxylic acids is 1. The minimum absolute atomic E-state index is 0. The predicted molar refractivity (Wildman–Crippen MR) is 94.7 cm³/mol. The molecule has 1 aliphatic heterocycles. The maximum Gasteiger partial charge on any atom is 0.255 e. The lowest BCUT2D eigenvalue weighted by molar-refractivity contribution is 0.102. The Bertz CT molecular complexity index is 671. The first kappa shape index (κ1) is 17.3. The number of ether oxygens (including phenoxy) is 1. The van der Waals surface area contributed by atoms with Crippen molar-refractivity contribution in [2.24, 2.45) is 0 Å². The number of hydrogen-bond acceptors (Lipinski definition) is 3. The van der Waals surface area contributed by atoms with Gasteiger partial charge in [0.15, 0.2) is 0 Å². The van der Waals surface area contributed by atoms with Crippen LogP contribution in [0.3, 0.4) is 0 Å². The van der Waals surface area contributed by atoms with Gasteiger partial charge in [-0.1, -0.05) is 6.07 Å². The van der Waals surface area contributed by atoms with Crippen LogP contribution in [0.2, 0.25) is 0 Å². The van der Waals surface area contributed by atoms with E-state index in [1.54, 1.807) is 12.1 Å². The lowest BCUT2D eigenvalue weighted by Crippen LogP contribution is -2.23. The molecule has 0 spiro atoms. The van der Waals surface area contributed by atoms with E-state index in [9.17, 15) is 4.79 Å². The van der Waals surface area contributed by atoms with Gasteiger partial charge in [-0.2, -0.15) is 0 Å². The van der Waals surface area contributed by atoms with E-state index in [2.05, 4.69) is 16.7 Å². The van der Waals surface area contributed by atoms with Crippen LogP contribution in [0.5, 0.6) is 5.75 Å². The van der Waals surface area contributed by atoms with Gasteiger partial charge >= 0.3 is 0 Å². The molecule has 3 rings (SSSR count). The highest BCUT2D eigenvalue weighted by Gasteiger charge is 2.11. The molecule has 122 valence electrons. The number of fused-ring (bicyclic) bond motifs is 1. The minimum atomic E-state index is -0.105. The number of benzene rings is 2. The zero-order valence-corrected chi connectivity index (χ0v) is 13.9. The average molecular weight is 333 g/mol. The lowest BCUT2D eigenvalue weighted by Gasteiger charge is -2.18. The van der Waals surface area contributed by atoms with Gasteiger partial charge in [0.25, 0.3) is 5.91 Å². The fraction of sp³-hybridized carbons (Fsp3) is 0.278. The Kier molecular flexibility index (Phi) is 6.02. The molecule has 4 nitrogen and oxygen atoms in total. The number of nitrogens with one attached hydrogen (secondary N) is 2. The van der Waals surface area contributed by atoms with Crippen molar-refractivity contribution in [1.82, 2.24) is 5.32 Å². The Morgan fingerprint density at radius 3 is 2.70 bits per heavy atom. The summed E-state index contributed by atoms with van der Waals surface area (Å²) in [6.45, 7) is 4.44. The highest BCUT2D eigenvalue weighted by molar-refractivity contribution is 6.04. The lowest BCUT2D eigenvalue weighted by atomic mass is 10.0. The van der Waals surface area contributed by atoms with Gasteiger partial charge in [-0.3, -0.25) is 4.79 Å². The molecule has 0 unspecified atom stereocenters. The zero-order chi connectivity index (χ0) is 15.4. The summed E-state index contributed by atoms with van der Waals surface area (Å²) in [4.78, 5) is 12.3. The Morgan fingerprint density at radius 1 is 1.17 bits per heavy atom. The van der Waals surface area contributed by atoms with E-state index in [0.717, 1.165) is 30.9 Å². The normalized spacial score (nSPS) is 12.7. The molecule has 0 fully saturated rings. The van der Waals surface area contributed by atoms with Gasteiger partial charge in [0.2, 0.25) is 0 Å². The van der Waals surface area contributed by atoms with Crippen LogP contribution in [0.25, 0.3) is 0 Å². The van der Waals surface area contributed by atoms with Crippen LogP contribution in [0.15, 0.2) is 42.5 Å². The van der Waals surface area contributed by atoms with Crippen LogP contribution in [0.4, 0.5) is 5.69 Å². The van der Waals surface area contributed by atoms with Gasteiger partial charge in [-0.05, 0) is 67.4 Å². The van der Waals surface area contributed by atoms with Crippen LogP contribution in [-0.4, -0.2) is 19.1 Å². The Balaban J connectivity index is 0.00000192. The third-order valence-corrected chi connectivity index (χ3v) is 3.78. The van der Waals surface area contributed by atoms with Crippen molar-refractivity contribution in [2.45, 2.75) is 19.9 Å². The van der Waals surface area contributed by atoms with Gasteiger partial charge in [0.1, 0.15) is 5.75 Å². The molecule has 0 saturated carbocycles. The SMILES string of the molecule is CCOc1ccc(C(=O)Nc2ccc3c(c2)CNCC3)cc1.Cl. The first-order valence-electron chi connectivity index (χ1n) is 7.63. The summed E-state index contributed by atoms with van der Waals surface area (Å²) in [7, 11) is 0. The molecule has 2 N–H and O–H groups in total. The minimum Gasteiger partial charge on any atom is -0.494 e. The number of amides is 1. The molecule has 0 radical (unpaired) electrons. The monoisotopic (exact) mass is 332 g/mol. The van der Waals surface area contributed by atoms with E-state index in [0.29, 0.717) is 12.2 Å². The maximum atomic E-state index is 12.3. The van der Waals surface area contributed by atoms with Crippen LogP contribution in [-0.2, 0) is 13.0 Å². The van der Waals surface area contributed by atoms with Crippen molar-refractivity contribution in [2.75, 3.05) is 18.5 Å². The summed E-state index contributed by atoms with van der Waals surface area (Å²) in [6, 6.07) is 13.3. The first-order chi connectivity index (χ1) is 10.8. The summed E-state index contributed by atoms with van der Waals surface area (Å²) in [5.41, 5.74) is 4.08. The van der Waals surface area contributed by atoms with Gasteiger partial charge in [-0.25, -0.2) is 0 Å². The fourth-order valence-corrected chi connectivity index (χ4v) is 2.63. The standard InChI is InChI=1S/C18H20N2O2.ClH/c1-2-22-17-7-4-14(5-8-17)18(21)20-16-6-3-13-9-10-19-12-15(13)11-16;/h3-8,11,19H,2,9-10,12H2,1H3,(H,20,21);1H. The molecule has 0 aromatic heterocycles. The van der Waals surface area contributed by atoms with Crippen LogP contribution in [0.1, 0.15) is 28.4 Å². The quantitative estimate of drug-likeness (QED) is 0.902. The molecule has 1 heterocycles. The zero-order valence-electron chi connectivity index (χ0n) is 13.1. The number of hydrogen-bond donors (Lipinski definition) is 2. The summed E-state index contributed by atoms with van der Waals surface area (Å²) >= 11 is 0. The highest BCUT2D eigenvalue weighted by atomic mass is 35.5. The number of carbonyl (C=O) groups is 1. The molecule has 2 aromatic carbocycles. The van der Waals surface area contributed by atoms with Crippen molar-refractivity contribution in [3.05, 3.63) is 59.2 Å². The predicted octanol–water partition coefficient (Wildman–Crippen LogP) is 3.41. The molecule has 0 saturated heterocycles. The first-order valence-corrected chi connectivity index (χ1v) is 7.63. The molecular weight excluding hydrogens is 312 g/mol. The molecular formula is C18H21ClN2O2. The summed E-state index contributed by atoms with van der Waals surface area (Å²) in [5.74, 6) is 0.672. The molecule has 0 aliphatic carbocycles. The molecule has 2 aromatic rings. The van der Waals surface area contributed by atoms with Crippen LogP contribution >= 0.6 is 12.4 Å². The van der Waals surface area contributed by atoms with E-state index in [1.807, 2.05) is 31.2 Å². The van der Waals surface area contributed by atoms with E-state index < -0.39 is 0 Å². The fourth-order valence-electron chi connectivity index (χ4n) is 2.63. The third-order valence-electron chi connectivity index (χ3n) is 3.78. The van der Waals surface area contributed by atoms with Crippen LogP contribution < -0.4 is 15.4 Å². The molecule has 1 aliphatic rings. The second-order valence-electron chi connectivity index (χ2n) is 5.32. The van der Waals surface area contributed by atoms with E-state index in [1.165, 1.54) is 11.1 Å². The van der Waals surface area contributed by atoms with Crippen molar-refractivity contribution in [3.8, 4) is 5.75 Å². The van der Waals surface area contributed by atoms with E-state index in [4.69, 9.17) is 4.74 Å². The molecule has 23 heavy (non-hydrogen) atoms. The smallest absolute Gasteiger partial charge is 0.255 e. The molecule has 0 bridgehead atoms. The largest absolute Gasteiger partial charge is 0.494 e. The van der Waals surface area contributed by atoms with Gasteiger partial charge < -0.3 is 15.4 Å². The number of rotatable bonds is 4. The van der Waals surface area contributed by atoms with Crippen molar-refractivity contribution in [3.63, 3.8) is 0 Å². The van der Waals surface area contributed by atoms with Gasteiger partial charge in [0, 0.05) is 17.8 Å². The Labute approximate surface area is 142 Å². The summed E-state index contributed by atoms with van der Waals surface area (Å²) in [6.07, 6.45) is 1.04. The van der Waals surface area contributed by atoms with Gasteiger partial charge in [0.05, 0.1) is 6.61 Å².